The van der Waals surface area contributed by atoms with Gasteiger partial charge in [0.25, 0.3) is 0 Å². The predicted octanol–water partition coefficient (Wildman–Crippen LogP) is -0.697. The van der Waals surface area contributed by atoms with Crippen molar-refractivity contribution in [3.8, 4) is 0 Å². The Balaban J connectivity index is 3.19. The Morgan fingerprint density at radius 3 is 2.14 bits per heavy atom. The molecule has 124 valence electrons. The highest BCUT2D eigenvalue weighted by Crippen LogP contribution is 2.18. The second-order valence-electron chi connectivity index (χ2n) is 4.73. The normalized spacial score (nSPS) is 12.4. The molecule has 0 fully saturated rings. The topological polar surface area (TPSA) is 104 Å². The van der Waals surface area contributed by atoms with Crippen LogP contribution in [0.25, 0.3) is 0 Å². The van der Waals surface area contributed by atoms with Gasteiger partial charge in [0, 0.05) is 21.1 Å². The first kappa shape index (κ1) is 18.6. The highest BCUT2D eigenvalue weighted by atomic mass is 32.2. The van der Waals surface area contributed by atoms with Gasteiger partial charge in [-0.3, -0.25) is 4.79 Å². The lowest BCUT2D eigenvalue weighted by atomic mass is 10.4. The summed E-state index contributed by atoms with van der Waals surface area (Å²) in [5.74, 6) is -0.384. The van der Waals surface area contributed by atoms with E-state index in [0.29, 0.717) is 0 Å². The number of hydrogen-bond acceptors (Lipinski definition) is 5. The Morgan fingerprint density at radius 1 is 1.09 bits per heavy atom. The molecule has 1 amide bonds. The Kier molecular flexibility index (Phi) is 5.68. The van der Waals surface area contributed by atoms with Gasteiger partial charge >= 0.3 is 0 Å². The van der Waals surface area contributed by atoms with Gasteiger partial charge in [0.05, 0.1) is 16.3 Å². The third-order valence-corrected chi connectivity index (χ3v) is 6.16. The molecule has 0 saturated heterocycles. The van der Waals surface area contributed by atoms with Crippen molar-refractivity contribution in [2.24, 2.45) is 0 Å². The fourth-order valence-corrected chi connectivity index (χ4v) is 3.53. The Labute approximate surface area is 130 Å². The van der Waals surface area contributed by atoms with Crippen LogP contribution in [0.1, 0.15) is 0 Å². The fraction of sp³-hybridized carbons (Fsp3) is 0.417. The van der Waals surface area contributed by atoms with Crippen LogP contribution in [-0.2, 0) is 24.8 Å². The Morgan fingerprint density at radius 2 is 1.64 bits per heavy atom. The molecule has 0 aliphatic heterocycles. The minimum Gasteiger partial charge on any atom is -0.348 e. The van der Waals surface area contributed by atoms with Crippen LogP contribution in [0.15, 0.2) is 34.1 Å². The lowest BCUT2D eigenvalue weighted by Gasteiger charge is -2.19. The van der Waals surface area contributed by atoms with Gasteiger partial charge in [0.15, 0.2) is 0 Å². The molecule has 1 aromatic rings. The zero-order valence-electron chi connectivity index (χ0n) is 12.8. The van der Waals surface area contributed by atoms with Crippen LogP contribution in [0, 0.1) is 0 Å². The molecule has 0 heterocycles. The molecule has 22 heavy (non-hydrogen) atoms. The van der Waals surface area contributed by atoms with Crippen molar-refractivity contribution in [3.05, 3.63) is 24.3 Å². The van der Waals surface area contributed by atoms with Crippen molar-refractivity contribution >= 4 is 26.0 Å². The highest BCUT2D eigenvalue weighted by molar-refractivity contribution is 7.90. The van der Waals surface area contributed by atoms with Crippen LogP contribution >= 0.6 is 0 Å². The number of hydrogen-bond donors (Lipinski definition) is 1. The molecule has 1 N–H and O–H groups in total. The summed E-state index contributed by atoms with van der Waals surface area (Å²) in [5.41, 5.74) is 0. The van der Waals surface area contributed by atoms with E-state index in [1.807, 2.05) is 0 Å². The summed E-state index contributed by atoms with van der Waals surface area (Å²) in [6, 6.07) is 4.95. The molecule has 0 aromatic heterocycles. The molecule has 0 radical (unpaired) electrons. The van der Waals surface area contributed by atoms with Crippen LogP contribution in [0.5, 0.6) is 0 Å². The molecule has 0 aliphatic rings. The first-order chi connectivity index (χ1) is 10.0. The molecule has 8 nitrogen and oxygen atoms in total. The smallest absolute Gasteiger partial charge is 0.243 e. The summed E-state index contributed by atoms with van der Waals surface area (Å²) in [5, 5.41) is 0. The zero-order chi connectivity index (χ0) is 17.1. The van der Waals surface area contributed by atoms with Crippen LogP contribution in [0.2, 0.25) is 0 Å². The van der Waals surface area contributed by atoms with Crippen molar-refractivity contribution < 1.29 is 21.6 Å². The van der Waals surface area contributed by atoms with Gasteiger partial charge in [0.2, 0.25) is 26.0 Å². The van der Waals surface area contributed by atoms with Crippen molar-refractivity contribution in [1.82, 2.24) is 13.9 Å². The number of sulfonamides is 2. The van der Waals surface area contributed by atoms with Gasteiger partial charge in [-0.1, -0.05) is 6.07 Å². The second-order valence-corrected chi connectivity index (χ2v) is 8.66. The van der Waals surface area contributed by atoms with E-state index in [-0.39, 0.29) is 22.2 Å². The van der Waals surface area contributed by atoms with Gasteiger partial charge in [-0.15, -0.1) is 0 Å². The number of nitrogens with one attached hydrogen (secondary N) is 1. The van der Waals surface area contributed by atoms with Crippen molar-refractivity contribution in [2.75, 3.05) is 34.7 Å². The number of rotatable bonds is 6. The summed E-state index contributed by atoms with van der Waals surface area (Å²) >= 11 is 0. The molecule has 0 spiro atoms. The van der Waals surface area contributed by atoms with E-state index in [1.165, 1.54) is 51.3 Å². The minimum atomic E-state index is -3.96. The van der Waals surface area contributed by atoms with Gasteiger partial charge in [-0.2, -0.15) is 4.31 Å². The van der Waals surface area contributed by atoms with Crippen molar-refractivity contribution in [3.63, 3.8) is 0 Å². The number of carbonyl (C=O) groups is 1. The monoisotopic (exact) mass is 349 g/mol. The van der Waals surface area contributed by atoms with Gasteiger partial charge in [0.1, 0.15) is 0 Å². The van der Waals surface area contributed by atoms with E-state index in [4.69, 9.17) is 0 Å². The van der Waals surface area contributed by atoms with E-state index in [1.54, 1.807) is 0 Å². The summed E-state index contributed by atoms with van der Waals surface area (Å²) in [6.07, 6.45) is 0. The number of benzene rings is 1. The quantitative estimate of drug-likeness (QED) is 0.732. The summed E-state index contributed by atoms with van der Waals surface area (Å²) in [6.45, 7) is -0.335. The molecule has 1 rings (SSSR count). The third-order valence-electron chi connectivity index (χ3n) is 2.95. The maximum absolute atomic E-state index is 12.4. The lowest BCUT2D eigenvalue weighted by molar-refractivity contribution is -0.128. The first-order valence-corrected chi connectivity index (χ1v) is 9.15. The van der Waals surface area contributed by atoms with Crippen LogP contribution in [0.3, 0.4) is 0 Å². The van der Waals surface area contributed by atoms with Crippen LogP contribution in [0.4, 0.5) is 0 Å². The van der Waals surface area contributed by atoms with E-state index in [2.05, 4.69) is 4.72 Å². The number of amides is 1. The van der Waals surface area contributed by atoms with Crippen LogP contribution in [-0.4, -0.2) is 66.7 Å². The number of carbonyl (C=O) groups excluding carboxylic acids is 1. The molecule has 0 atom stereocenters. The van der Waals surface area contributed by atoms with E-state index in [0.717, 1.165) is 10.4 Å². The lowest BCUT2D eigenvalue weighted by Crippen LogP contribution is -2.37. The number of nitrogens with zero attached hydrogens (tertiary/aromatic N) is 2. The molecule has 0 saturated carbocycles. The Bertz CT molecular complexity index is 757. The fourth-order valence-electron chi connectivity index (χ4n) is 1.52. The third kappa shape index (κ3) is 4.03. The van der Waals surface area contributed by atoms with E-state index >= 15 is 0 Å². The molecule has 0 aliphatic carbocycles. The van der Waals surface area contributed by atoms with Gasteiger partial charge in [-0.25, -0.2) is 21.6 Å². The summed E-state index contributed by atoms with van der Waals surface area (Å²) in [7, 11) is -2.19. The molecule has 0 unspecified atom stereocenters. The maximum Gasteiger partial charge on any atom is 0.243 e. The van der Waals surface area contributed by atoms with Gasteiger partial charge in [-0.05, 0) is 25.2 Å². The van der Waals surface area contributed by atoms with E-state index < -0.39 is 20.0 Å². The average Bonchev–Trinajstić information content (AvgIpc) is 2.47. The number of likely N-dealkylation sites (N-methyl/N-ethyl adjacent to an activating group) is 2. The van der Waals surface area contributed by atoms with Crippen molar-refractivity contribution in [2.45, 2.75) is 9.79 Å². The highest BCUT2D eigenvalue weighted by Gasteiger charge is 2.25. The minimum absolute atomic E-state index is 0.164. The zero-order valence-corrected chi connectivity index (χ0v) is 14.4. The summed E-state index contributed by atoms with van der Waals surface area (Å²) < 4.78 is 51.3. The van der Waals surface area contributed by atoms with Gasteiger partial charge < -0.3 is 4.90 Å². The molecular formula is C12H19N3O5S2. The molecule has 1 aromatic carbocycles. The molecule has 0 bridgehead atoms. The SMILES string of the molecule is CNS(=O)(=O)c1cccc(S(=O)(=O)N(C)CC(=O)N(C)C)c1. The van der Waals surface area contributed by atoms with E-state index in [9.17, 15) is 21.6 Å². The average molecular weight is 349 g/mol. The van der Waals surface area contributed by atoms with Crippen molar-refractivity contribution in [1.29, 1.82) is 0 Å². The standard InChI is InChI=1S/C12H19N3O5S2/c1-13-21(17,18)10-6-5-7-11(8-10)22(19,20)15(4)9-12(16)14(2)3/h5-8,13H,9H2,1-4H3. The maximum atomic E-state index is 12.4. The second kappa shape index (κ2) is 6.73. The predicted molar refractivity (Wildman–Crippen MR) is 81.2 cm³/mol. The summed E-state index contributed by atoms with van der Waals surface area (Å²) in [4.78, 5) is 12.5. The first-order valence-electron chi connectivity index (χ1n) is 6.22. The Hall–Kier alpha value is -1.49. The largest absolute Gasteiger partial charge is 0.348 e. The molecule has 10 heteroatoms. The van der Waals surface area contributed by atoms with Crippen LogP contribution < -0.4 is 4.72 Å². The molecular weight excluding hydrogens is 330 g/mol.